The van der Waals surface area contributed by atoms with Crippen molar-refractivity contribution < 1.29 is 14.2 Å². The molecule has 0 saturated heterocycles. The van der Waals surface area contributed by atoms with Gasteiger partial charge in [0.05, 0.1) is 13.2 Å². The van der Waals surface area contributed by atoms with Crippen LogP contribution < -0.4 is 10.5 Å². The number of hydrogen-bond acceptors (Lipinski definition) is 3. The largest absolute Gasteiger partial charge is 0.496 e. The maximum atomic E-state index is 13.0. The molecule has 0 bridgehead atoms. The fourth-order valence-corrected chi connectivity index (χ4v) is 1.56. The smallest absolute Gasteiger partial charge is 0.123 e. The molecule has 0 spiro atoms. The fraction of sp³-hybridized carbons (Fsp3) is 0.500. The topological polar surface area (TPSA) is 55.5 Å². The van der Waals surface area contributed by atoms with Crippen molar-refractivity contribution in [2.24, 2.45) is 5.73 Å². The normalized spacial score (nSPS) is 14.6. The molecule has 4 heteroatoms. The van der Waals surface area contributed by atoms with E-state index in [1.807, 2.05) is 6.92 Å². The lowest BCUT2D eigenvalue weighted by Gasteiger charge is -2.18. The second-order valence-corrected chi connectivity index (χ2v) is 3.80. The molecule has 2 atom stereocenters. The first-order valence-corrected chi connectivity index (χ1v) is 5.34. The Morgan fingerprint density at radius 2 is 2.19 bits per heavy atom. The summed E-state index contributed by atoms with van der Waals surface area (Å²) in [5, 5.41) is 9.78. The first-order chi connectivity index (χ1) is 7.58. The summed E-state index contributed by atoms with van der Waals surface area (Å²) in [5.74, 6) is 0.233. The molecule has 0 aromatic heterocycles. The summed E-state index contributed by atoms with van der Waals surface area (Å²) in [6.45, 7) is 1.90. The average molecular weight is 227 g/mol. The third kappa shape index (κ3) is 3.18. The first kappa shape index (κ1) is 12.9. The third-order valence-corrected chi connectivity index (χ3v) is 2.64. The molecule has 3 N–H and O–H groups in total. The zero-order valence-corrected chi connectivity index (χ0v) is 9.61. The maximum Gasteiger partial charge on any atom is 0.123 e. The molecule has 1 rings (SSSR count). The lowest BCUT2D eigenvalue weighted by atomic mass is 10.0. The molecule has 2 unspecified atom stereocenters. The molecule has 0 saturated carbocycles. The van der Waals surface area contributed by atoms with Crippen LogP contribution in [0.25, 0.3) is 0 Å². The number of rotatable bonds is 5. The standard InChI is InChI=1S/C12H18FNO2/c1-3-10(14)11(15)7-8-6-9(13)4-5-12(8)16-2/h4-6,10-11,15H,3,7,14H2,1-2H3. The van der Waals surface area contributed by atoms with Crippen molar-refractivity contribution in [3.8, 4) is 5.75 Å². The van der Waals surface area contributed by atoms with Crippen LogP contribution in [0.5, 0.6) is 5.75 Å². The molecule has 0 aliphatic carbocycles. The van der Waals surface area contributed by atoms with Gasteiger partial charge in [0.15, 0.2) is 0 Å². The number of methoxy groups -OCH3 is 1. The van der Waals surface area contributed by atoms with E-state index >= 15 is 0 Å². The van der Waals surface area contributed by atoms with Crippen LogP contribution in [0.4, 0.5) is 4.39 Å². The van der Waals surface area contributed by atoms with Gasteiger partial charge < -0.3 is 15.6 Å². The highest BCUT2D eigenvalue weighted by atomic mass is 19.1. The average Bonchev–Trinajstić information content (AvgIpc) is 2.28. The molecular formula is C12H18FNO2. The minimum absolute atomic E-state index is 0.298. The Kier molecular flexibility index (Phi) is 4.71. The van der Waals surface area contributed by atoms with Crippen molar-refractivity contribution in [3.05, 3.63) is 29.6 Å². The highest BCUT2D eigenvalue weighted by Crippen LogP contribution is 2.21. The van der Waals surface area contributed by atoms with Crippen molar-refractivity contribution >= 4 is 0 Å². The SMILES string of the molecule is CCC(N)C(O)Cc1cc(F)ccc1OC. The molecule has 1 aromatic carbocycles. The van der Waals surface area contributed by atoms with E-state index < -0.39 is 6.10 Å². The lowest BCUT2D eigenvalue weighted by molar-refractivity contribution is 0.141. The van der Waals surface area contributed by atoms with Crippen LogP contribution in [0, 0.1) is 5.82 Å². The van der Waals surface area contributed by atoms with E-state index in [4.69, 9.17) is 10.5 Å². The molecule has 0 heterocycles. The van der Waals surface area contributed by atoms with E-state index in [-0.39, 0.29) is 11.9 Å². The summed E-state index contributed by atoms with van der Waals surface area (Å²) < 4.78 is 18.1. The van der Waals surface area contributed by atoms with Gasteiger partial charge in [0.25, 0.3) is 0 Å². The predicted octanol–water partition coefficient (Wildman–Crippen LogP) is 1.48. The zero-order valence-electron chi connectivity index (χ0n) is 9.61. The number of aliphatic hydroxyl groups is 1. The first-order valence-electron chi connectivity index (χ1n) is 5.34. The second kappa shape index (κ2) is 5.82. The van der Waals surface area contributed by atoms with Crippen molar-refractivity contribution in [1.82, 2.24) is 0 Å². The van der Waals surface area contributed by atoms with Crippen LogP contribution in [0.15, 0.2) is 18.2 Å². The van der Waals surface area contributed by atoms with Crippen LogP contribution in [-0.4, -0.2) is 24.4 Å². The summed E-state index contributed by atoms with van der Waals surface area (Å²) in [6, 6.07) is 3.95. The number of benzene rings is 1. The predicted molar refractivity (Wildman–Crippen MR) is 60.9 cm³/mol. The minimum atomic E-state index is -0.680. The van der Waals surface area contributed by atoms with E-state index in [0.717, 1.165) is 0 Å². The van der Waals surface area contributed by atoms with Crippen LogP contribution in [-0.2, 0) is 6.42 Å². The molecule has 0 radical (unpaired) electrons. The fourth-order valence-electron chi connectivity index (χ4n) is 1.56. The van der Waals surface area contributed by atoms with E-state index in [1.165, 1.54) is 19.2 Å². The maximum absolute atomic E-state index is 13.0. The van der Waals surface area contributed by atoms with Gasteiger partial charge in [-0.1, -0.05) is 6.92 Å². The van der Waals surface area contributed by atoms with Crippen molar-refractivity contribution in [2.75, 3.05) is 7.11 Å². The van der Waals surface area contributed by atoms with Crippen LogP contribution in [0.2, 0.25) is 0 Å². The number of ether oxygens (including phenoxy) is 1. The zero-order chi connectivity index (χ0) is 12.1. The van der Waals surface area contributed by atoms with Crippen LogP contribution in [0.1, 0.15) is 18.9 Å². The van der Waals surface area contributed by atoms with Crippen LogP contribution >= 0.6 is 0 Å². The van der Waals surface area contributed by atoms with E-state index in [9.17, 15) is 9.50 Å². The second-order valence-electron chi connectivity index (χ2n) is 3.80. The minimum Gasteiger partial charge on any atom is -0.496 e. The van der Waals surface area contributed by atoms with Gasteiger partial charge in [-0.2, -0.15) is 0 Å². The Bertz CT molecular complexity index is 344. The molecule has 1 aromatic rings. The number of hydrogen-bond donors (Lipinski definition) is 2. The molecule has 16 heavy (non-hydrogen) atoms. The lowest BCUT2D eigenvalue weighted by Crippen LogP contribution is -2.35. The van der Waals surface area contributed by atoms with E-state index in [0.29, 0.717) is 24.2 Å². The Morgan fingerprint density at radius 3 is 2.75 bits per heavy atom. The van der Waals surface area contributed by atoms with Gasteiger partial charge in [-0.3, -0.25) is 0 Å². The molecular weight excluding hydrogens is 209 g/mol. The Morgan fingerprint density at radius 1 is 1.50 bits per heavy atom. The van der Waals surface area contributed by atoms with Crippen molar-refractivity contribution in [1.29, 1.82) is 0 Å². The van der Waals surface area contributed by atoms with Crippen molar-refractivity contribution in [2.45, 2.75) is 31.9 Å². The molecule has 0 aliphatic rings. The summed E-state index contributed by atoms with van der Waals surface area (Å²) in [6.07, 6.45) is 0.301. The highest BCUT2D eigenvalue weighted by molar-refractivity contribution is 5.34. The summed E-state index contributed by atoms with van der Waals surface area (Å²) >= 11 is 0. The summed E-state index contributed by atoms with van der Waals surface area (Å²) in [4.78, 5) is 0. The summed E-state index contributed by atoms with van der Waals surface area (Å²) in [5.41, 5.74) is 6.35. The Labute approximate surface area is 95.0 Å². The quantitative estimate of drug-likeness (QED) is 0.801. The molecule has 0 fully saturated rings. The monoisotopic (exact) mass is 227 g/mol. The van der Waals surface area contributed by atoms with Gasteiger partial charge >= 0.3 is 0 Å². The Hall–Kier alpha value is -1.13. The summed E-state index contributed by atoms with van der Waals surface area (Å²) in [7, 11) is 1.52. The van der Waals surface area contributed by atoms with E-state index in [1.54, 1.807) is 6.07 Å². The molecule has 0 aliphatic heterocycles. The molecule has 90 valence electrons. The number of halogens is 1. The number of aliphatic hydroxyl groups excluding tert-OH is 1. The van der Waals surface area contributed by atoms with Gasteiger partial charge in [0.1, 0.15) is 11.6 Å². The van der Waals surface area contributed by atoms with Gasteiger partial charge in [0.2, 0.25) is 0 Å². The molecule has 0 amide bonds. The van der Waals surface area contributed by atoms with Gasteiger partial charge in [-0.25, -0.2) is 4.39 Å². The molecule has 3 nitrogen and oxygen atoms in total. The van der Waals surface area contributed by atoms with Gasteiger partial charge in [-0.15, -0.1) is 0 Å². The van der Waals surface area contributed by atoms with Gasteiger partial charge in [0, 0.05) is 12.5 Å². The van der Waals surface area contributed by atoms with Crippen LogP contribution in [0.3, 0.4) is 0 Å². The van der Waals surface area contributed by atoms with E-state index in [2.05, 4.69) is 0 Å². The van der Waals surface area contributed by atoms with Crippen molar-refractivity contribution in [3.63, 3.8) is 0 Å². The third-order valence-electron chi connectivity index (χ3n) is 2.64. The van der Waals surface area contributed by atoms with Gasteiger partial charge in [-0.05, 0) is 30.2 Å². The highest BCUT2D eigenvalue weighted by Gasteiger charge is 2.16. The Balaban J connectivity index is 2.82. The number of nitrogens with two attached hydrogens (primary N) is 1.